The van der Waals surface area contributed by atoms with Crippen LogP contribution in [0.25, 0.3) is 11.1 Å². The standard InChI is InChI=1S/C20H20O2/c1-15-14-19(17-9-11-18(21-2)12-10-17)20(22-15)13-8-16-6-4-3-5-7-16/h3-7,9-12,14H,8,13H2,1-2H3. The van der Waals surface area contributed by atoms with E-state index in [-0.39, 0.29) is 0 Å². The van der Waals surface area contributed by atoms with Crippen molar-refractivity contribution in [1.29, 1.82) is 0 Å². The molecule has 2 heteroatoms. The van der Waals surface area contributed by atoms with E-state index in [1.807, 2.05) is 25.1 Å². The van der Waals surface area contributed by atoms with Crippen molar-refractivity contribution in [3.63, 3.8) is 0 Å². The lowest BCUT2D eigenvalue weighted by atomic mass is 10.0. The Morgan fingerprint density at radius 3 is 2.32 bits per heavy atom. The number of ether oxygens (including phenoxy) is 1. The fourth-order valence-electron chi connectivity index (χ4n) is 2.67. The van der Waals surface area contributed by atoms with Crippen LogP contribution in [0.5, 0.6) is 5.75 Å². The molecule has 0 spiro atoms. The lowest BCUT2D eigenvalue weighted by Crippen LogP contribution is -1.91. The predicted molar refractivity (Wildman–Crippen MR) is 89.3 cm³/mol. The Labute approximate surface area is 131 Å². The summed E-state index contributed by atoms with van der Waals surface area (Å²) < 4.78 is 11.1. The summed E-state index contributed by atoms with van der Waals surface area (Å²) in [5, 5.41) is 0. The van der Waals surface area contributed by atoms with Gasteiger partial charge in [0.2, 0.25) is 0 Å². The fraction of sp³-hybridized carbons (Fsp3) is 0.200. The van der Waals surface area contributed by atoms with E-state index < -0.39 is 0 Å². The lowest BCUT2D eigenvalue weighted by molar-refractivity contribution is 0.415. The SMILES string of the molecule is COc1ccc(-c2cc(C)oc2CCc2ccccc2)cc1. The molecular formula is C20H20O2. The average Bonchev–Trinajstić information content (AvgIpc) is 2.95. The topological polar surface area (TPSA) is 22.4 Å². The summed E-state index contributed by atoms with van der Waals surface area (Å²) in [6, 6.07) is 20.7. The van der Waals surface area contributed by atoms with Gasteiger partial charge in [-0.15, -0.1) is 0 Å². The van der Waals surface area contributed by atoms with Crippen molar-refractivity contribution in [2.45, 2.75) is 19.8 Å². The van der Waals surface area contributed by atoms with Crippen molar-refractivity contribution >= 4 is 0 Å². The van der Waals surface area contributed by atoms with Gasteiger partial charge in [0.1, 0.15) is 17.3 Å². The first-order valence-corrected chi connectivity index (χ1v) is 7.54. The molecule has 1 aromatic heterocycles. The molecule has 22 heavy (non-hydrogen) atoms. The molecule has 0 fully saturated rings. The molecule has 3 aromatic rings. The fourth-order valence-corrected chi connectivity index (χ4v) is 2.67. The van der Waals surface area contributed by atoms with E-state index in [2.05, 4.69) is 42.5 Å². The van der Waals surface area contributed by atoms with Crippen molar-refractivity contribution < 1.29 is 9.15 Å². The number of benzene rings is 2. The van der Waals surface area contributed by atoms with Gasteiger partial charge in [-0.1, -0.05) is 42.5 Å². The molecule has 0 saturated carbocycles. The maximum absolute atomic E-state index is 5.92. The van der Waals surface area contributed by atoms with Crippen LogP contribution in [0.4, 0.5) is 0 Å². The molecule has 0 unspecified atom stereocenters. The maximum Gasteiger partial charge on any atom is 0.118 e. The van der Waals surface area contributed by atoms with Gasteiger partial charge in [0, 0.05) is 12.0 Å². The van der Waals surface area contributed by atoms with Crippen molar-refractivity contribution in [3.8, 4) is 16.9 Å². The van der Waals surface area contributed by atoms with Gasteiger partial charge < -0.3 is 9.15 Å². The van der Waals surface area contributed by atoms with E-state index >= 15 is 0 Å². The second kappa shape index (κ2) is 6.52. The minimum Gasteiger partial charge on any atom is -0.497 e. The summed E-state index contributed by atoms with van der Waals surface area (Å²) >= 11 is 0. The minimum absolute atomic E-state index is 0.870. The minimum atomic E-state index is 0.870. The summed E-state index contributed by atoms with van der Waals surface area (Å²) in [6.45, 7) is 2.00. The van der Waals surface area contributed by atoms with Crippen LogP contribution >= 0.6 is 0 Å². The Balaban J connectivity index is 1.82. The lowest BCUT2D eigenvalue weighted by Gasteiger charge is -2.05. The first kappa shape index (κ1) is 14.5. The molecule has 0 aliphatic rings. The largest absolute Gasteiger partial charge is 0.497 e. The maximum atomic E-state index is 5.92. The van der Waals surface area contributed by atoms with Crippen molar-refractivity contribution in [1.82, 2.24) is 0 Å². The number of furan rings is 1. The zero-order valence-corrected chi connectivity index (χ0v) is 13.0. The Kier molecular flexibility index (Phi) is 4.29. The van der Waals surface area contributed by atoms with Crippen molar-refractivity contribution in [3.05, 3.63) is 77.7 Å². The Morgan fingerprint density at radius 2 is 1.64 bits per heavy atom. The summed E-state index contributed by atoms with van der Waals surface area (Å²) in [5.74, 6) is 2.87. The van der Waals surface area contributed by atoms with Crippen molar-refractivity contribution in [2.75, 3.05) is 7.11 Å². The second-order valence-electron chi connectivity index (χ2n) is 5.41. The molecule has 0 aliphatic heterocycles. The molecule has 2 nitrogen and oxygen atoms in total. The molecule has 0 radical (unpaired) electrons. The van der Waals surface area contributed by atoms with Gasteiger partial charge in [-0.05, 0) is 42.7 Å². The average molecular weight is 292 g/mol. The Hall–Kier alpha value is -2.48. The van der Waals surface area contributed by atoms with Crippen LogP contribution in [0.3, 0.4) is 0 Å². The molecular weight excluding hydrogens is 272 g/mol. The molecule has 0 atom stereocenters. The van der Waals surface area contributed by atoms with Gasteiger partial charge >= 0.3 is 0 Å². The zero-order chi connectivity index (χ0) is 15.4. The molecule has 0 amide bonds. The van der Waals surface area contributed by atoms with Gasteiger partial charge in [0.15, 0.2) is 0 Å². The monoisotopic (exact) mass is 292 g/mol. The van der Waals surface area contributed by atoms with E-state index in [0.717, 1.165) is 30.1 Å². The van der Waals surface area contributed by atoms with Crippen LogP contribution in [0.15, 0.2) is 65.1 Å². The first-order chi connectivity index (χ1) is 10.8. The van der Waals surface area contributed by atoms with E-state index in [0.29, 0.717) is 0 Å². The van der Waals surface area contributed by atoms with E-state index in [9.17, 15) is 0 Å². The third kappa shape index (κ3) is 3.22. The number of methoxy groups -OCH3 is 1. The van der Waals surface area contributed by atoms with Crippen molar-refractivity contribution in [2.24, 2.45) is 0 Å². The number of rotatable bonds is 5. The highest BCUT2D eigenvalue weighted by Crippen LogP contribution is 2.29. The molecule has 0 bridgehead atoms. The smallest absolute Gasteiger partial charge is 0.118 e. The van der Waals surface area contributed by atoms with Gasteiger partial charge in [-0.2, -0.15) is 0 Å². The van der Waals surface area contributed by atoms with Crippen LogP contribution in [0.2, 0.25) is 0 Å². The molecule has 112 valence electrons. The summed E-state index contributed by atoms with van der Waals surface area (Å²) in [7, 11) is 1.68. The van der Waals surface area contributed by atoms with Crippen LogP contribution in [0, 0.1) is 6.92 Å². The number of hydrogen-bond donors (Lipinski definition) is 0. The molecule has 2 aromatic carbocycles. The highest BCUT2D eigenvalue weighted by atomic mass is 16.5. The Morgan fingerprint density at radius 1 is 0.909 bits per heavy atom. The van der Waals surface area contributed by atoms with Gasteiger partial charge in [-0.25, -0.2) is 0 Å². The zero-order valence-electron chi connectivity index (χ0n) is 13.0. The van der Waals surface area contributed by atoms with Gasteiger partial charge in [0.25, 0.3) is 0 Å². The molecule has 0 saturated heterocycles. The van der Waals surface area contributed by atoms with E-state index in [1.54, 1.807) is 7.11 Å². The predicted octanol–water partition coefficient (Wildman–Crippen LogP) is 5.05. The molecule has 0 N–H and O–H groups in total. The molecule has 3 rings (SSSR count). The van der Waals surface area contributed by atoms with Gasteiger partial charge in [0.05, 0.1) is 7.11 Å². The highest BCUT2D eigenvalue weighted by Gasteiger charge is 2.11. The first-order valence-electron chi connectivity index (χ1n) is 7.54. The summed E-state index contributed by atoms with van der Waals surface area (Å²) in [4.78, 5) is 0. The second-order valence-corrected chi connectivity index (χ2v) is 5.41. The van der Waals surface area contributed by atoms with E-state index in [1.165, 1.54) is 16.7 Å². The third-order valence-electron chi connectivity index (χ3n) is 3.82. The number of aryl methyl sites for hydroxylation is 3. The highest BCUT2D eigenvalue weighted by molar-refractivity contribution is 5.67. The summed E-state index contributed by atoms with van der Waals surface area (Å²) in [6.07, 6.45) is 1.89. The number of hydrogen-bond acceptors (Lipinski definition) is 2. The third-order valence-corrected chi connectivity index (χ3v) is 3.82. The van der Waals surface area contributed by atoms with Crippen LogP contribution in [0.1, 0.15) is 17.1 Å². The van der Waals surface area contributed by atoms with E-state index in [4.69, 9.17) is 9.15 Å². The molecule has 1 heterocycles. The van der Waals surface area contributed by atoms with Gasteiger partial charge in [-0.3, -0.25) is 0 Å². The normalized spacial score (nSPS) is 10.6. The van der Waals surface area contributed by atoms with Crippen LogP contribution in [-0.4, -0.2) is 7.11 Å². The molecule has 0 aliphatic carbocycles. The Bertz CT molecular complexity index is 724. The van der Waals surface area contributed by atoms with Crippen LogP contribution in [-0.2, 0) is 12.8 Å². The summed E-state index contributed by atoms with van der Waals surface area (Å²) in [5.41, 5.74) is 3.68. The van der Waals surface area contributed by atoms with Crippen LogP contribution < -0.4 is 4.74 Å². The quantitative estimate of drug-likeness (QED) is 0.656.